The SMILES string of the molecule is CC(C)NC(=O)CN1C(=O)CS[C@@H](c2cccc(Cl)c2)c2c(-c3cccs3)nn(-c3ccccc3Cl)c21. The van der Waals surface area contributed by atoms with Crippen molar-refractivity contribution in [1.82, 2.24) is 15.1 Å². The fourth-order valence-electron chi connectivity index (χ4n) is 4.35. The molecule has 0 aliphatic carbocycles. The van der Waals surface area contributed by atoms with Crippen LogP contribution in [0.2, 0.25) is 10.0 Å². The van der Waals surface area contributed by atoms with E-state index in [1.165, 1.54) is 16.7 Å². The van der Waals surface area contributed by atoms with Gasteiger partial charge in [-0.25, -0.2) is 4.68 Å². The fraction of sp³-hybridized carbons (Fsp3) is 0.222. The van der Waals surface area contributed by atoms with Crippen LogP contribution >= 0.6 is 46.3 Å². The molecule has 0 saturated heterocycles. The van der Waals surface area contributed by atoms with Gasteiger partial charge in [-0.2, -0.15) is 5.10 Å². The predicted molar refractivity (Wildman–Crippen MR) is 153 cm³/mol. The summed E-state index contributed by atoms with van der Waals surface area (Å²) in [6.07, 6.45) is 0. The van der Waals surface area contributed by atoms with Crippen molar-refractivity contribution in [3.63, 3.8) is 0 Å². The number of para-hydroxylation sites is 1. The number of hydrogen-bond donors (Lipinski definition) is 1. The lowest BCUT2D eigenvalue weighted by molar-refractivity contribution is -0.123. The second-order valence-electron chi connectivity index (χ2n) is 8.87. The van der Waals surface area contributed by atoms with Gasteiger partial charge in [0.05, 0.1) is 26.6 Å². The molecule has 5 rings (SSSR count). The molecule has 0 unspecified atom stereocenters. The maximum atomic E-state index is 13.6. The van der Waals surface area contributed by atoms with Gasteiger partial charge in [0.15, 0.2) is 0 Å². The van der Waals surface area contributed by atoms with Gasteiger partial charge >= 0.3 is 0 Å². The van der Waals surface area contributed by atoms with Crippen molar-refractivity contribution >= 4 is 63.9 Å². The summed E-state index contributed by atoms with van der Waals surface area (Å²) in [7, 11) is 0. The molecule has 3 heterocycles. The molecule has 0 spiro atoms. The third-order valence-corrected chi connectivity index (χ3v) is 8.51. The maximum absolute atomic E-state index is 13.6. The van der Waals surface area contributed by atoms with E-state index in [-0.39, 0.29) is 35.4 Å². The predicted octanol–water partition coefficient (Wildman–Crippen LogP) is 6.60. The van der Waals surface area contributed by atoms with Crippen molar-refractivity contribution in [3.05, 3.63) is 87.2 Å². The fourth-order valence-corrected chi connectivity index (χ4v) is 6.68. The summed E-state index contributed by atoms with van der Waals surface area (Å²) in [4.78, 5) is 29.1. The van der Waals surface area contributed by atoms with Crippen LogP contribution in [0.5, 0.6) is 0 Å². The summed E-state index contributed by atoms with van der Waals surface area (Å²) in [5, 5.41) is 10.8. The Morgan fingerprint density at radius 3 is 2.65 bits per heavy atom. The minimum Gasteiger partial charge on any atom is -0.352 e. The molecule has 190 valence electrons. The number of fused-ring (bicyclic) bond motifs is 1. The third kappa shape index (κ3) is 5.29. The summed E-state index contributed by atoms with van der Waals surface area (Å²) in [6, 6.07) is 18.9. The Bertz CT molecular complexity index is 1450. The second-order valence-corrected chi connectivity index (χ2v) is 11.8. The Labute approximate surface area is 233 Å². The van der Waals surface area contributed by atoms with E-state index >= 15 is 0 Å². The Morgan fingerprint density at radius 2 is 1.95 bits per heavy atom. The number of rotatable bonds is 6. The van der Waals surface area contributed by atoms with Crippen LogP contribution < -0.4 is 10.2 Å². The van der Waals surface area contributed by atoms with E-state index in [1.807, 2.05) is 73.8 Å². The van der Waals surface area contributed by atoms with Gasteiger partial charge in [-0.05, 0) is 55.1 Å². The average molecular weight is 572 g/mol. The lowest BCUT2D eigenvalue weighted by Gasteiger charge is -2.24. The van der Waals surface area contributed by atoms with Crippen molar-refractivity contribution in [2.75, 3.05) is 17.2 Å². The molecule has 6 nitrogen and oxygen atoms in total. The van der Waals surface area contributed by atoms with E-state index in [1.54, 1.807) is 22.1 Å². The zero-order chi connectivity index (χ0) is 26.1. The zero-order valence-corrected chi connectivity index (χ0v) is 23.3. The van der Waals surface area contributed by atoms with Crippen molar-refractivity contribution in [3.8, 4) is 16.3 Å². The highest BCUT2D eigenvalue weighted by molar-refractivity contribution is 8.00. The van der Waals surface area contributed by atoms with Gasteiger partial charge in [-0.3, -0.25) is 14.5 Å². The van der Waals surface area contributed by atoms with E-state index in [2.05, 4.69) is 5.32 Å². The molecular weight excluding hydrogens is 547 g/mol. The second kappa shape index (κ2) is 10.9. The average Bonchev–Trinajstić information content (AvgIpc) is 3.48. The van der Waals surface area contributed by atoms with Crippen LogP contribution in [0.15, 0.2) is 66.0 Å². The van der Waals surface area contributed by atoms with Crippen LogP contribution in [0.4, 0.5) is 5.82 Å². The first-order chi connectivity index (χ1) is 17.8. The number of nitrogens with zero attached hydrogens (tertiary/aromatic N) is 3. The summed E-state index contributed by atoms with van der Waals surface area (Å²) < 4.78 is 1.71. The highest BCUT2D eigenvalue weighted by Gasteiger charge is 2.38. The molecular formula is C27H24Cl2N4O2S2. The highest BCUT2D eigenvalue weighted by atomic mass is 35.5. The number of carbonyl (C=O) groups excluding carboxylic acids is 2. The number of nitrogens with one attached hydrogen (secondary N) is 1. The van der Waals surface area contributed by atoms with Crippen LogP contribution in [-0.2, 0) is 9.59 Å². The van der Waals surface area contributed by atoms with Crippen LogP contribution in [0.25, 0.3) is 16.3 Å². The topological polar surface area (TPSA) is 67.2 Å². The molecule has 10 heteroatoms. The Hall–Kier alpha value is -2.78. The van der Waals surface area contributed by atoms with Crippen LogP contribution in [-0.4, -0.2) is 39.9 Å². The van der Waals surface area contributed by atoms with Gasteiger partial charge in [-0.15, -0.1) is 23.1 Å². The Morgan fingerprint density at radius 1 is 1.14 bits per heavy atom. The van der Waals surface area contributed by atoms with Crippen LogP contribution in [0.1, 0.15) is 30.2 Å². The molecule has 0 saturated carbocycles. The number of aromatic nitrogens is 2. The number of anilines is 1. The minimum atomic E-state index is -0.246. The minimum absolute atomic E-state index is 0.0576. The Balaban J connectivity index is 1.80. The number of carbonyl (C=O) groups is 2. The van der Waals surface area contributed by atoms with Gasteiger partial charge in [0.1, 0.15) is 18.1 Å². The lowest BCUT2D eigenvalue weighted by atomic mass is 10.0. The normalized spacial score (nSPS) is 15.5. The van der Waals surface area contributed by atoms with Crippen molar-refractivity contribution in [2.24, 2.45) is 0 Å². The summed E-state index contributed by atoms with van der Waals surface area (Å²) in [5.41, 5.74) is 3.17. The molecule has 37 heavy (non-hydrogen) atoms. The zero-order valence-electron chi connectivity index (χ0n) is 20.2. The molecule has 4 aromatic rings. The monoisotopic (exact) mass is 570 g/mol. The standard InChI is InChI=1S/C27H24Cl2N4O2S2/c1-16(2)30-22(34)14-32-23(35)15-37-26(17-7-5-8-18(28)13-17)24-25(21-11-6-12-36-21)31-33(27(24)32)20-10-4-3-9-19(20)29/h3-13,16,26H,14-15H2,1-2H3,(H,30,34)/t26-/m0/s1. The first-order valence-electron chi connectivity index (χ1n) is 11.7. The van der Waals surface area contributed by atoms with Gasteiger partial charge in [0.25, 0.3) is 0 Å². The maximum Gasteiger partial charge on any atom is 0.240 e. The van der Waals surface area contributed by atoms with E-state index in [0.29, 0.717) is 21.6 Å². The number of benzene rings is 2. The number of thiophene rings is 1. The van der Waals surface area contributed by atoms with Crippen LogP contribution in [0.3, 0.4) is 0 Å². The summed E-state index contributed by atoms with van der Waals surface area (Å²) in [6.45, 7) is 3.65. The van der Waals surface area contributed by atoms with Gasteiger partial charge in [0, 0.05) is 16.6 Å². The van der Waals surface area contributed by atoms with E-state index < -0.39 is 0 Å². The largest absolute Gasteiger partial charge is 0.352 e. The molecule has 1 atom stereocenters. The molecule has 0 fully saturated rings. The van der Waals surface area contributed by atoms with E-state index in [0.717, 1.165) is 21.7 Å². The van der Waals surface area contributed by atoms with Gasteiger partial charge < -0.3 is 5.32 Å². The van der Waals surface area contributed by atoms with E-state index in [4.69, 9.17) is 28.3 Å². The van der Waals surface area contributed by atoms with Gasteiger partial charge in [-0.1, -0.05) is 53.5 Å². The molecule has 1 aliphatic rings. The molecule has 2 aromatic heterocycles. The van der Waals surface area contributed by atoms with Crippen molar-refractivity contribution in [2.45, 2.75) is 25.1 Å². The summed E-state index contributed by atoms with van der Waals surface area (Å²) in [5.74, 6) is 0.300. The first kappa shape index (κ1) is 25.9. The van der Waals surface area contributed by atoms with Crippen molar-refractivity contribution in [1.29, 1.82) is 0 Å². The number of amides is 2. The summed E-state index contributed by atoms with van der Waals surface area (Å²) >= 11 is 16.1. The van der Waals surface area contributed by atoms with Gasteiger partial charge in [0.2, 0.25) is 11.8 Å². The number of halogens is 2. The molecule has 1 N–H and O–H groups in total. The molecule has 2 amide bonds. The van der Waals surface area contributed by atoms with Crippen LogP contribution in [0, 0.1) is 0 Å². The Kier molecular flexibility index (Phi) is 7.62. The highest BCUT2D eigenvalue weighted by Crippen LogP contribution is 2.49. The molecule has 2 aromatic carbocycles. The first-order valence-corrected chi connectivity index (χ1v) is 14.4. The molecule has 0 bridgehead atoms. The smallest absolute Gasteiger partial charge is 0.240 e. The van der Waals surface area contributed by atoms with Crippen molar-refractivity contribution < 1.29 is 9.59 Å². The quantitative estimate of drug-likeness (QED) is 0.283. The lowest BCUT2D eigenvalue weighted by Crippen LogP contribution is -2.44. The number of thioether (sulfide) groups is 1. The number of hydrogen-bond acceptors (Lipinski definition) is 5. The molecule has 1 aliphatic heterocycles. The third-order valence-electron chi connectivity index (χ3n) is 5.83. The molecule has 0 radical (unpaired) electrons. The van der Waals surface area contributed by atoms with E-state index in [9.17, 15) is 9.59 Å².